The third kappa shape index (κ3) is 3.98. The number of hydrogen-bond donors (Lipinski definition) is 1. The van der Waals surface area contributed by atoms with Crippen LogP contribution < -0.4 is 0 Å². The smallest absolute Gasteiger partial charge is 0.123 e. The summed E-state index contributed by atoms with van der Waals surface area (Å²) in [6.45, 7) is 2.22. The van der Waals surface area contributed by atoms with E-state index in [1.165, 1.54) is 17.7 Å². The second-order valence-corrected chi connectivity index (χ2v) is 7.04. The summed E-state index contributed by atoms with van der Waals surface area (Å²) in [4.78, 5) is 8.33. The predicted octanol–water partition coefficient (Wildman–Crippen LogP) is 5.09. The molecule has 3 heterocycles. The maximum Gasteiger partial charge on any atom is 0.123 e. The molecule has 1 aromatic carbocycles. The third-order valence-corrected chi connectivity index (χ3v) is 4.79. The van der Waals surface area contributed by atoms with Crippen LogP contribution in [-0.4, -0.2) is 20.2 Å². The van der Waals surface area contributed by atoms with Crippen molar-refractivity contribution in [1.29, 1.82) is 0 Å². The number of aromatic nitrogens is 4. The van der Waals surface area contributed by atoms with Gasteiger partial charge in [-0.2, -0.15) is 5.10 Å². The van der Waals surface area contributed by atoms with Gasteiger partial charge in [0.25, 0.3) is 0 Å². The SMILES string of the molecule is CC(Cc1cccnc1)Cc1[nH]nc(-c2ccc(F)cc2)c1-c1ccncc1. The van der Waals surface area contributed by atoms with E-state index in [0.29, 0.717) is 5.92 Å². The highest BCUT2D eigenvalue weighted by molar-refractivity contribution is 5.82. The summed E-state index contributed by atoms with van der Waals surface area (Å²) in [5.74, 6) is 0.154. The number of nitrogens with one attached hydrogen (secondary N) is 1. The molecule has 1 unspecified atom stereocenters. The molecular formula is C23H21FN4. The average Bonchev–Trinajstić information content (AvgIpc) is 3.13. The molecule has 0 bridgehead atoms. The molecule has 0 saturated heterocycles. The molecule has 4 rings (SSSR count). The highest BCUT2D eigenvalue weighted by atomic mass is 19.1. The van der Waals surface area contributed by atoms with Gasteiger partial charge < -0.3 is 0 Å². The zero-order valence-corrected chi connectivity index (χ0v) is 15.6. The third-order valence-electron chi connectivity index (χ3n) is 4.79. The van der Waals surface area contributed by atoms with Crippen molar-refractivity contribution in [3.05, 3.63) is 90.4 Å². The van der Waals surface area contributed by atoms with Crippen molar-refractivity contribution < 1.29 is 4.39 Å². The van der Waals surface area contributed by atoms with Gasteiger partial charge >= 0.3 is 0 Å². The molecule has 4 nitrogen and oxygen atoms in total. The monoisotopic (exact) mass is 372 g/mol. The molecule has 0 spiro atoms. The van der Waals surface area contributed by atoms with Gasteiger partial charge in [0.1, 0.15) is 11.5 Å². The van der Waals surface area contributed by atoms with E-state index in [9.17, 15) is 4.39 Å². The average molecular weight is 372 g/mol. The van der Waals surface area contributed by atoms with Crippen LogP contribution in [0, 0.1) is 11.7 Å². The number of aromatic amines is 1. The molecule has 1 N–H and O–H groups in total. The summed E-state index contributed by atoms with van der Waals surface area (Å²) in [7, 11) is 0. The normalized spacial score (nSPS) is 12.1. The lowest BCUT2D eigenvalue weighted by atomic mass is 9.92. The summed E-state index contributed by atoms with van der Waals surface area (Å²) in [6.07, 6.45) is 9.05. The van der Waals surface area contributed by atoms with E-state index >= 15 is 0 Å². The largest absolute Gasteiger partial charge is 0.281 e. The number of pyridine rings is 2. The first kappa shape index (κ1) is 18.0. The highest BCUT2D eigenvalue weighted by Gasteiger charge is 2.19. The molecule has 0 aliphatic rings. The van der Waals surface area contributed by atoms with Crippen molar-refractivity contribution in [2.24, 2.45) is 5.92 Å². The van der Waals surface area contributed by atoms with Gasteiger partial charge in [-0.1, -0.05) is 13.0 Å². The van der Waals surface area contributed by atoms with Crippen LogP contribution in [0.15, 0.2) is 73.3 Å². The lowest BCUT2D eigenvalue weighted by Crippen LogP contribution is -2.05. The number of halogens is 1. The Kier molecular flexibility index (Phi) is 5.24. The molecule has 0 aliphatic heterocycles. The summed E-state index contributed by atoms with van der Waals surface area (Å²) in [6, 6.07) is 14.5. The maximum absolute atomic E-state index is 13.4. The molecular weight excluding hydrogens is 351 g/mol. The molecule has 5 heteroatoms. The number of hydrogen-bond acceptors (Lipinski definition) is 3. The maximum atomic E-state index is 13.4. The molecule has 28 heavy (non-hydrogen) atoms. The summed E-state index contributed by atoms with van der Waals surface area (Å²) in [5.41, 5.74) is 6.10. The highest BCUT2D eigenvalue weighted by Crippen LogP contribution is 2.34. The summed E-state index contributed by atoms with van der Waals surface area (Å²) >= 11 is 0. The number of H-pyrrole nitrogens is 1. The van der Waals surface area contributed by atoms with Crippen LogP contribution in [0.4, 0.5) is 4.39 Å². The molecule has 1 atom stereocenters. The number of benzene rings is 1. The van der Waals surface area contributed by atoms with Crippen LogP contribution in [0.1, 0.15) is 18.2 Å². The van der Waals surface area contributed by atoms with Crippen molar-refractivity contribution in [2.75, 3.05) is 0 Å². The van der Waals surface area contributed by atoms with Gasteiger partial charge in [0, 0.05) is 41.6 Å². The van der Waals surface area contributed by atoms with Gasteiger partial charge in [-0.15, -0.1) is 0 Å². The molecule has 0 aliphatic carbocycles. The van der Waals surface area contributed by atoms with E-state index in [1.54, 1.807) is 30.7 Å². The van der Waals surface area contributed by atoms with Crippen molar-refractivity contribution in [2.45, 2.75) is 19.8 Å². The minimum absolute atomic E-state index is 0.255. The van der Waals surface area contributed by atoms with Crippen LogP contribution in [0.25, 0.3) is 22.4 Å². The van der Waals surface area contributed by atoms with Crippen molar-refractivity contribution in [3.8, 4) is 22.4 Å². The lowest BCUT2D eigenvalue weighted by molar-refractivity contribution is 0.567. The van der Waals surface area contributed by atoms with E-state index in [0.717, 1.165) is 40.9 Å². The van der Waals surface area contributed by atoms with E-state index < -0.39 is 0 Å². The van der Waals surface area contributed by atoms with Crippen molar-refractivity contribution in [3.63, 3.8) is 0 Å². The van der Waals surface area contributed by atoms with E-state index in [-0.39, 0.29) is 5.82 Å². The van der Waals surface area contributed by atoms with Gasteiger partial charge in [0.15, 0.2) is 0 Å². The van der Waals surface area contributed by atoms with Crippen LogP contribution >= 0.6 is 0 Å². The van der Waals surface area contributed by atoms with Gasteiger partial charge in [-0.3, -0.25) is 15.1 Å². The minimum Gasteiger partial charge on any atom is -0.281 e. The molecule has 4 aromatic rings. The first-order valence-electron chi connectivity index (χ1n) is 9.33. The Balaban J connectivity index is 1.68. The van der Waals surface area contributed by atoms with Gasteiger partial charge in [-0.25, -0.2) is 4.39 Å². The zero-order valence-electron chi connectivity index (χ0n) is 15.6. The van der Waals surface area contributed by atoms with Crippen LogP contribution in [0.2, 0.25) is 0 Å². The Labute approximate surface area is 163 Å². The van der Waals surface area contributed by atoms with Gasteiger partial charge in [0.2, 0.25) is 0 Å². The van der Waals surface area contributed by atoms with Crippen molar-refractivity contribution in [1.82, 2.24) is 20.2 Å². The zero-order chi connectivity index (χ0) is 19.3. The molecule has 0 saturated carbocycles. The second kappa shape index (κ2) is 8.13. The van der Waals surface area contributed by atoms with Crippen LogP contribution in [0.5, 0.6) is 0 Å². The number of nitrogens with zero attached hydrogens (tertiary/aromatic N) is 3. The Morgan fingerprint density at radius 2 is 1.68 bits per heavy atom. The Bertz CT molecular complexity index is 1030. The van der Waals surface area contributed by atoms with Crippen LogP contribution in [-0.2, 0) is 12.8 Å². The van der Waals surface area contributed by atoms with Crippen molar-refractivity contribution >= 4 is 0 Å². The Morgan fingerprint density at radius 1 is 0.893 bits per heavy atom. The number of rotatable bonds is 6. The van der Waals surface area contributed by atoms with E-state index in [4.69, 9.17) is 0 Å². The van der Waals surface area contributed by atoms with Crippen LogP contribution in [0.3, 0.4) is 0 Å². The first-order valence-corrected chi connectivity index (χ1v) is 9.33. The topological polar surface area (TPSA) is 54.5 Å². The lowest BCUT2D eigenvalue weighted by Gasteiger charge is -2.12. The van der Waals surface area contributed by atoms with E-state index in [1.807, 2.05) is 24.4 Å². The quantitative estimate of drug-likeness (QED) is 0.513. The molecule has 140 valence electrons. The second-order valence-electron chi connectivity index (χ2n) is 7.04. The Morgan fingerprint density at radius 3 is 2.39 bits per heavy atom. The predicted molar refractivity (Wildman–Crippen MR) is 108 cm³/mol. The minimum atomic E-state index is -0.255. The fourth-order valence-corrected chi connectivity index (χ4v) is 3.51. The fourth-order valence-electron chi connectivity index (χ4n) is 3.51. The fraction of sp³-hybridized carbons (Fsp3) is 0.174. The molecule has 0 radical (unpaired) electrons. The molecule has 3 aromatic heterocycles. The first-order chi connectivity index (χ1) is 13.7. The van der Waals surface area contributed by atoms with Gasteiger partial charge in [-0.05, 0) is 72.4 Å². The summed E-state index contributed by atoms with van der Waals surface area (Å²) in [5, 5.41) is 7.80. The Hall–Kier alpha value is -3.34. The molecule has 0 fully saturated rings. The summed E-state index contributed by atoms with van der Waals surface area (Å²) < 4.78 is 13.4. The standard InChI is InChI=1S/C23H21FN4/c1-16(13-17-3-2-10-26-15-17)14-21-22(18-8-11-25-12-9-18)23(28-27-21)19-4-6-20(24)7-5-19/h2-12,15-16H,13-14H2,1H3,(H,27,28). The van der Waals surface area contributed by atoms with E-state index in [2.05, 4.69) is 33.2 Å². The molecule has 0 amide bonds. The van der Waals surface area contributed by atoms with Gasteiger partial charge in [0.05, 0.1) is 0 Å².